The molecule has 0 aliphatic carbocycles. The fourth-order valence-electron chi connectivity index (χ4n) is 2.43. The molecule has 0 saturated carbocycles. The Balaban J connectivity index is 0.000000487. The van der Waals surface area contributed by atoms with E-state index in [-0.39, 0.29) is 0 Å². The number of likely N-dealkylation sites (N-methyl/N-ethyl adjacent to an activating group) is 1. The van der Waals surface area contributed by atoms with Crippen LogP contribution in [0, 0.1) is 11.3 Å². The predicted octanol–water partition coefficient (Wildman–Crippen LogP) is 1.12. The third kappa shape index (κ3) is 8.46. The Kier molecular flexibility index (Phi) is 9.75. The topological polar surface area (TPSA) is 114 Å². The quantitative estimate of drug-likeness (QED) is 0.571. The van der Waals surface area contributed by atoms with E-state index in [1.165, 1.54) is 26.2 Å². The van der Waals surface area contributed by atoms with Gasteiger partial charge in [0.05, 0.1) is 18.2 Å². The van der Waals surface area contributed by atoms with Crippen LogP contribution in [0.1, 0.15) is 18.9 Å². The molecule has 1 saturated heterocycles. The summed E-state index contributed by atoms with van der Waals surface area (Å²) in [6.07, 6.45) is 1.05. The zero-order valence-corrected chi connectivity index (χ0v) is 14.9. The number of nitriles is 1. The lowest BCUT2D eigenvalue weighted by Crippen LogP contribution is -2.46. The summed E-state index contributed by atoms with van der Waals surface area (Å²) in [6, 6.07) is 9.41. The smallest absolute Gasteiger partial charge is 0.414 e. The van der Waals surface area contributed by atoms with Crippen LogP contribution in [0.2, 0.25) is 0 Å². The molecule has 1 heterocycles. The second-order valence-electron chi connectivity index (χ2n) is 5.72. The molecule has 142 valence electrons. The van der Waals surface area contributed by atoms with Crippen molar-refractivity contribution in [1.29, 1.82) is 5.26 Å². The van der Waals surface area contributed by atoms with E-state index in [2.05, 4.69) is 22.8 Å². The molecule has 0 spiro atoms. The van der Waals surface area contributed by atoms with Gasteiger partial charge in [-0.3, -0.25) is 0 Å². The summed E-state index contributed by atoms with van der Waals surface area (Å²) >= 11 is 0. The highest BCUT2D eigenvalue weighted by atomic mass is 16.5. The first-order valence-corrected chi connectivity index (χ1v) is 8.50. The monoisotopic (exact) mass is 363 g/mol. The van der Waals surface area contributed by atoms with Gasteiger partial charge in [-0.25, -0.2) is 9.59 Å². The van der Waals surface area contributed by atoms with Crippen LogP contribution in [0.5, 0.6) is 5.75 Å². The number of benzene rings is 1. The largest absolute Gasteiger partial charge is 0.494 e. The summed E-state index contributed by atoms with van der Waals surface area (Å²) in [4.78, 5) is 23.2. The highest BCUT2D eigenvalue weighted by Crippen LogP contribution is 2.12. The molecule has 0 amide bonds. The number of rotatable bonds is 6. The minimum atomic E-state index is -1.82. The summed E-state index contributed by atoms with van der Waals surface area (Å²) in [6.45, 7) is 9.94. The predicted molar refractivity (Wildman–Crippen MR) is 95.1 cm³/mol. The van der Waals surface area contributed by atoms with Gasteiger partial charge in [0.1, 0.15) is 5.75 Å². The molecular formula is C18H25N3O5. The third-order valence-electron chi connectivity index (χ3n) is 3.97. The molecule has 26 heavy (non-hydrogen) atoms. The normalized spacial score (nSPS) is 14.6. The zero-order chi connectivity index (χ0) is 19.4. The van der Waals surface area contributed by atoms with Gasteiger partial charge in [-0.05, 0) is 37.2 Å². The summed E-state index contributed by atoms with van der Waals surface area (Å²) in [5.41, 5.74) is 0.672. The van der Waals surface area contributed by atoms with E-state index in [9.17, 15) is 0 Å². The first-order valence-electron chi connectivity index (χ1n) is 8.50. The van der Waals surface area contributed by atoms with Crippen LogP contribution in [-0.2, 0) is 9.59 Å². The van der Waals surface area contributed by atoms with Crippen molar-refractivity contribution < 1.29 is 24.5 Å². The van der Waals surface area contributed by atoms with E-state index in [1.54, 1.807) is 12.1 Å². The molecule has 1 aliphatic rings. The van der Waals surface area contributed by atoms with Gasteiger partial charge in [0.25, 0.3) is 0 Å². The minimum absolute atomic E-state index is 0.672. The molecule has 1 aromatic rings. The molecule has 0 unspecified atom stereocenters. The number of piperazine rings is 1. The van der Waals surface area contributed by atoms with Gasteiger partial charge in [-0.2, -0.15) is 5.26 Å². The summed E-state index contributed by atoms with van der Waals surface area (Å²) in [7, 11) is 0. The molecule has 0 radical (unpaired) electrons. The number of carboxylic acids is 2. The molecule has 0 bridgehead atoms. The molecule has 1 fully saturated rings. The van der Waals surface area contributed by atoms with Crippen LogP contribution in [0.25, 0.3) is 0 Å². The average molecular weight is 363 g/mol. The molecule has 2 rings (SSSR count). The Morgan fingerprint density at radius 1 is 1.08 bits per heavy atom. The number of ether oxygens (including phenoxy) is 1. The first-order chi connectivity index (χ1) is 12.5. The maximum Gasteiger partial charge on any atom is 0.414 e. The van der Waals surface area contributed by atoms with E-state index >= 15 is 0 Å². The van der Waals surface area contributed by atoms with Gasteiger partial charge in [0.2, 0.25) is 0 Å². The molecule has 8 nitrogen and oxygen atoms in total. The molecule has 0 aromatic heterocycles. The SMILES string of the molecule is CCN1CCN(CCCOc2ccc(C#N)cc2)CC1.O=C(O)C(=O)O. The van der Waals surface area contributed by atoms with Gasteiger partial charge < -0.3 is 24.7 Å². The van der Waals surface area contributed by atoms with E-state index in [0.29, 0.717) is 5.56 Å². The van der Waals surface area contributed by atoms with Crippen molar-refractivity contribution in [3.63, 3.8) is 0 Å². The summed E-state index contributed by atoms with van der Waals surface area (Å²) < 4.78 is 5.69. The highest BCUT2D eigenvalue weighted by Gasteiger charge is 2.14. The van der Waals surface area contributed by atoms with Crippen molar-refractivity contribution in [2.75, 3.05) is 45.9 Å². The van der Waals surface area contributed by atoms with Crippen molar-refractivity contribution in [3.8, 4) is 11.8 Å². The fraction of sp³-hybridized carbons (Fsp3) is 0.500. The number of hydrogen-bond donors (Lipinski definition) is 2. The molecule has 2 N–H and O–H groups in total. The van der Waals surface area contributed by atoms with Crippen molar-refractivity contribution >= 4 is 11.9 Å². The molecule has 1 aliphatic heterocycles. The lowest BCUT2D eigenvalue weighted by molar-refractivity contribution is -0.159. The minimum Gasteiger partial charge on any atom is -0.494 e. The van der Waals surface area contributed by atoms with Crippen LogP contribution in [-0.4, -0.2) is 77.8 Å². The van der Waals surface area contributed by atoms with Crippen molar-refractivity contribution in [1.82, 2.24) is 9.80 Å². The van der Waals surface area contributed by atoms with Crippen LogP contribution in [0.4, 0.5) is 0 Å². The Morgan fingerprint density at radius 2 is 1.62 bits per heavy atom. The molecule has 8 heteroatoms. The van der Waals surface area contributed by atoms with Crippen molar-refractivity contribution in [2.45, 2.75) is 13.3 Å². The van der Waals surface area contributed by atoms with Gasteiger partial charge >= 0.3 is 11.9 Å². The Hall–Kier alpha value is -2.63. The lowest BCUT2D eigenvalue weighted by Gasteiger charge is -2.33. The summed E-state index contributed by atoms with van der Waals surface area (Å²) in [5.74, 6) is -2.80. The van der Waals surface area contributed by atoms with Crippen molar-refractivity contribution in [3.05, 3.63) is 29.8 Å². The van der Waals surface area contributed by atoms with Crippen LogP contribution >= 0.6 is 0 Å². The Labute approximate surface area is 153 Å². The number of carbonyl (C=O) groups is 2. The highest BCUT2D eigenvalue weighted by molar-refractivity contribution is 6.27. The van der Waals surface area contributed by atoms with E-state index < -0.39 is 11.9 Å². The number of nitrogens with zero attached hydrogens (tertiary/aromatic N) is 3. The van der Waals surface area contributed by atoms with Gasteiger partial charge in [-0.15, -0.1) is 0 Å². The van der Waals surface area contributed by atoms with Gasteiger partial charge in [0, 0.05) is 32.7 Å². The number of aliphatic carboxylic acids is 2. The second-order valence-corrected chi connectivity index (χ2v) is 5.72. The van der Waals surface area contributed by atoms with E-state index in [1.807, 2.05) is 12.1 Å². The zero-order valence-electron chi connectivity index (χ0n) is 14.9. The van der Waals surface area contributed by atoms with Crippen LogP contribution in [0.15, 0.2) is 24.3 Å². The molecular weight excluding hydrogens is 338 g/mol. The van der Waals surface area contributed by atoms with Gasteiger partial charge in [-0.1, -0.05) is 6.92 Å². The first kappa shape index (κ1) is 21.4. The third-order valence-corrected chi connectivity index (χ3v) is 3.97. The Morgan fingerprint density at radius 3 is 2.08 bits per heavy atom. The van der Waals surface area contributed by atoms with Crippen molar-refractivity contribution in [2.24, 2.45) is 0 Å². The lowest BCUT2D eigenvalue weighted by atomic mass is 10.2. The number of carboxylic acid groups (broad SMARTS) is 2. The molecule has 1 aromatic carbocycles. The van der Waals surface area contributed by atoms with Crippen LogP contribution < -0.4 is 4.74 Å². The van der Waals surface area contributed by atoms with E-state index in [0.717, 1.165) is 31.9 Å². The van der Waals surface area contributed by atoms with E-state index in [4.69, 9.17) is 29.8 Å². The second kappa shape index (κ2) is 11.8. The fourth-order valence-corrected chi connectivity index (χ4v) is 2.43. The molecule has 0 atom stereocenters. The van der Waals surface area contributed by atoms with Gasteiger partial charge in [0.15, 0.2) is 0 Å². The number of hydrogen-bond acceptors (Lipinski definition) is 6. The standard InChI is InChI=1S/C16H23N3O.C2H2O4/c1-2-18-9-11-19(12-10-18)8-3-13-20-16-6-4-15(14-17)5-7-16;3-1(4)2(5)6/h4-7H,2-3,8-13H2,1H3;(H,3,4)(H,5,6). The van der Waals surface area contributed by atoms with Crippen LogP contribution in [0.3, 0.4) is 0 Å². The average Bonchev–Trinajstić information content (AvgIpc) is 2.66. The maximum atomic E-state index is 9.10. The maximum absolute atomic E-state index is 9.10. The summed E-state index contributed by atoms with van der Waals surface area (Å²) in [5, 5.41) is 23.5. The Bertz CT molecular complexity index is 592.